The first-order valence-electron chi connectivity index (χ1n) is 8.77. The molecule has 1 fully saturated rings. The fraction of sp³-hybridized carbons (Fsp3) is 0.250. The van der Waals surface area contributed by atoms with E-state index in [9.17, 15) is 4.79 Å². The number of anilines is 1. The first kappa shape index (κ1) is 17.7. The van der Waals surface area contributed by atoms with E-state index < -0.39 is 0 Å². The zero-order valence-corrected chi connectivity index (χ0v) is 16.3. The highest BCUT2D eigenvalue weighted by Gasteiger charge is 2.35. The van der Waals surface area contributed by atoms with E-state index in [1.165, 1.54) is 0 Å². The number of aromatic nitrogens is 2. The molecule has 1 saturated heterocycles. The fourth-order valence-electron chi connectivity index (χ4n) is 3.16. The van der Waals surface area contributed by atoms with Gasteiger partial charge in [-0.3, -0.25) is 4.79 Å². The number of nitrogens with zero attached hydrogens (tertiary/aromatic N) is 3. The van der Waals surface area contributed by atoms with Crippen LogP contribution in [0.4, 0.5) is 5.69 Å². The number of halogens is 1. The Kier molecular flexibility index (Phi) is 4.94. The maximum atomic E-state index is 12.5. The van der Waals surface area contributed by atoms with Gasteiger partial charge < -0.3 is 14.2 Å². The van der Waals surface area contributed by atoms with Crippen molar-refractivity contribution in [2.75, 3.05) is 18.1 Å². The molecule has 0 radical (unpaired) electrons. The van der Waals surface area contributed by atoms with E-state index in [-0.39, 0.29) is 11.8 Å². The summed E-state index contributed by atoms with van der Waals surface area (Å²) in [6.45, 7) is 3.07. The van der Waals surface area contributed by atoms with Crippen molar-refractivity contribution >= 4 is 27.5 Å². The Hall–Kier alpha value is -2.67. The second kappa shape index (κ2) is 7.52. The van der Waals surface area contributed by atoms with Gasteiger partial charge >= 0.3 is 0 Å². The predicted molar refractivity (Wildman–Crippen MR) is 105 cm³/mol. The normalized spacial score (nSPS) is 16.7. The minimum absolute atomic E-state index is 0.0476. The zero-order valence-electron chi connectivity index (χ0n) is 14.8. The molecule has 1 atom stereocenters. The molecule has 138 valence electrons. The number of benzene rings is 2. The van der Waals surface area contributed by atoms with Crippen molar-refractivity contribution in [2.24, 2.45) is 0 Å². The van der Waals surface area contributed by atoms with E-state index in [1.807, 2.05) is 55.5 Å². The molecule has 0 aliphatic carbocycles. The van der Waals surface area contributed by atoms with Crippen molar-refractivity contribution in [3.8, 4) is 17.1 Å². The Balaban J connectivity index is 1.51. The molecular weight excluding hydrogens is 410 g/mol. The Morgan fingerprint density at radius 2 is 2.07 bits per heavy atom. The molecular formula is C20H18BrN3O3. The second-order valence-electron chi connectivity index (χ2n) is 6.30. The molecule has 1 aliphatic rings. The van der Waals surface area contributed by atoms with Crippen molar-refractivity contribution in [2.45, 2.75) is 19.3 Å². The summed E-state index contributed by atoms with van der Waals surface area (Å²) in [5.74, 6) is 1.74. The smallest absolute Gasteiger partial charge is 0.232 e. The van der Waals surface area contributed by atoms with Crippen LogP contribution < -0.4 is 9.64 Å². The molecule has 27 heavy (non-hydrogen) atoms. The number of hydrogen-bond donors (Lipinski definition) is 0. The van der Waals surface area contributed by atoms with Gasteiger partial charge in [0.25, 0.3) is 0 Å². The highest BCUT2D eigenvalue weighted by atomic mass is 79.9. The molecule has 3 aromatic rings. The molecule has 2 heterocycles. The van der Waals surface area contributed by atoms with Crippen LogP contribution in [0.1, 0.15) is 25.2 Å². The van der Waals surface area contributed by atoms with Crippen molar-refractivity contribution in [3.05, 3.63) is 58.9 Å². The topological polar surface area (TPSA) is 68.5 Å². The van der Waals surface area contributed by atoms with E-state index in [2.05, 4.69) is 26.1 Å². The van der Waals surface area contributed by atoms with Gasteiger partial charge in [0.05, 0.1) is 12.5 Å². The average molecular weight is 428 g/mol. The van der Waals surface area contributed by atoms with Gasteiger partial charge in [0.15, 0.2) is 0 Å². The fourth-order valence-corrected chi connectivity index (χ4v) is 3.56. The van der Waals surface area contributed by atoms with Crippen molar-refractivity contribution in [1.29, 1.82) is 0 Å². The summed E-state index contributed by atoms with van der Waals surface area (Å²) < 4.78 is 11.9. The van der Waals surface area contributed by atoms with Crippen molar-refractivity contribution in [3.63, 3.8) is 0 Å². The van der Waals surface area contributed by atoms with Gasteiger partial charge in [-0.2, -0.15) is 4.98 Å². The molecule has 0 spiro atoms. The van der Waals surface area contributed by atoms with Crippen LogP contribution in [0.15, 0.2) is 57.5 Å². The van der Waals surface area contributed by atoms with E-state index in [1.54, 1.807) is 4.90 Å². The zero-order chi connectivity index (χ0) is 18.8. The molecule has 6 nitrogen and oxygen atoms in total. The second-order valence-corrected chi connectivity index (χ2v) is 7.21. The van der Waals surface area contributed by atoms with Gasteiger partial charge in [-0.05, 0) is 43.3 Å². The van der Waals surface area contributed by atoms with Crippen LogP contribution in [-0.4, -0.2) is 29.2 Å². The number of amides is 1. The van der Waals surface area contributed by atoms with Crippen LogP contribution in [0.5, 0.6) is 5.75 Å². The molecule has 4 rings (SSSR count). The Bertz CT molecular complexity index is 955. The first-order valence-corrected chi connectivity index (χ1v) is 9.56. The monoisotopic (exact) mass is 427 g/mol. The summed E-state index contributed by atoms with van der Waals surface area (Å²) in [5.41, 5.74) is 1.71. The summed E-state index contributed by atoms with van der Waals surface area (Å²) >= 11 is 3.44. The van der Waals surface area contributed by atoms with Gasteiger partial charge in [-0.25, -0.2) is 0 Å². The summed E-state index contributed by atoms with van der Waals surface area (Å²) in [5, 5.41) is 4.07. The largest absolute Gasteiger partial charge is 0.494 e. The summed E-state index contributed by atoms with van der Waals surface area (Å²) in [6, 6.07) is 15.2. The van der Waals surface area contributed by atoms with Crippen molar-refractivity contribution in [1.82, 2.24) is 10.1 Å². The van der Waals surface area contributed by atoms with Crippen LogP contribution >= 0.6 is 15.9 Å². The average Bonchev–Trinajstić information content (AvgIpc) is 3.30. The van der Waals surface area contributed by atoms with Gasteiger partial charge in [0, 0.05) is 28.7 Å². The van der Waals surface area contributed by atoms with E-state index in [0.717, 1.165) is 21.5 Å². The Labute approximate surface area is 165 Å². The predicted octanol–water partition coefficient (Wildman–Crippen LogP) is 4.42. The molecule has 7 heteroatoms. The molecule has 1 unspecified atom stereocenters. The molecule has 1 aliphatic heterocycles. The van der Waals surface area contributed by atoms with Gasteiger partial charge in [-0.1, -0.05) is 33.2 Å². The number of carbonyl (C=O) groups excluding carboxylic acids is 1. The summed E-state index contributed by atoms with van der Waals surface area (Å²) in [4.78, 5) is 18.7. The lowest BCUT2D eigenvalue weighted by atomic mass is 10.1. The molecule has 2 aromatic carbocycles. The van der Waals surface area contributed by atoms with E-state index in [0.29, 0.717) is 31.3 Å². The number of rotatable bonds is 5. The molecule has 0 bridgehead atoms. The SMILES string of the molecule is CCOc1ccc(N2CC(c3nc(-c4cccc(Br)c4)no3)CC2=O)cc1. The third kappa shape index (κ3) is 3.73. The van der Waals surface area contributed by atoms with E-state index in [4.69, 9.17) is 9.26 Å². The van der Waals surface area contributed by atoms with Gasteiger partial charge in [0.2, 0.25) is 17.6 Å². The minimum Gasteiger partial charge on any atom is -0.494 e. The number of hydrogen-bond acceptors (Lipinski definition) is 5. The third-order valence-electron chi connectivity index (χ3n) is 4.46. The Morgan fingerprint density at radius 3 is 2.81 bits per heavy atom. The lowest BCUT2D eigenvalue weighted by Crippen LogP contribution is -2.24. The van der Waals surface area contributed by atoms with E-state index >= 15 is 0 Å². The highest BCUT2D eigenvalue weighted by Crippen LogP contribution is 2.33. The minimum atomic E-state index is -0.113. The van der Waals surface area contributed by atoms with Crippen LogP contribution in [0.25, 0.3) is 11.4 Å². The standard InChI is InChI=1S/C20H18BrN3O3/c1-2-26-17-8-6-16(7-9-17)24-12-14(11-18(24)25)20-22-19(23-27-20)13-4-3-5-15(21)10-13/h3-10,14H,2,11-12H2,1H3. The van der Waals surface area contributed by atoms with Gasteiger partial charge in [-0.15, -0.1) is 0 Å². The molecule has 0 saturated carbocycles. The number of carbonyl (C=O) groups is 1. The van der Waals surface area contributed by atoms with Crippen LogP contribution in [0.3, 0.4) is 0 Å². The first-order chi connectivity index (χ1) is 13.1. The van der Waals surface area contributed by atoms with Crippen LogP contribution in [0, 0.1) is 0 Å². The van der Waals surface area contributed by atoms with Crippen LogP contribution in [0.2, 0.25) is 0 Å². The Morgan fingerprint density at radius 1 is 1.26 bits per heavy atom. The lowest BCUT2D eigenvalue weighted by Gasteiger charge is -2.16. The maximum absolute atomic E-state index is 12.5. The van der Waals surface area contributed by atoms with Crippen molar-refractivity contribution < 1.29 is 14.1 Å². The summed E-state index contributed by atoms with van der Waals surface area (Å²) in [7, 11) is 0. The summed E-state index contributed by atoms with van der Waals surface area (Å²) in [6.07, 6.45) is 0.354. The quantitative estimate of drug-likeness (QED) is 0.602. The van der Waals surface area contributed by atoms with Gasteiger partial charge in [0.1, 0.15) is 5.75 Å². The molecule has 0 N–H and O–H groups in total. The molecule has 1 aromatic heterocycles. The third-order valence-corrected chi connectivity index (χ3v) is 4.95. The van der Waals surface area contributed by atoms with Crippen LogP contribution in [-0.2, 0) is 4.79 Å². The highest BCUT2D eigenvalue weighted by molar-refractivity contribution is 9.10. The maximum Gasteiger partial charge on any atom is 0.232 e. The lowest BCUT2D eigenvalue weighted by molar-refractivity contribution is -0.117. The molecule has 1 amide bonds. The number of ether oxygens (including phenoxy) is 1.